The fraction of sp³-hybridized carbons (Fsp3) is 0.409. The minimum Gasteiger partial charge on any atom is -0.544 e. The number of benzene rings is 2. The van der Waals surface area contributed by atoms with Crippen LogP contribution in [-0.4, -0.2) is 31.0 Å². The lowest BCUT2D eigenvalue weighted by Gasteiger charge is -2.37. The van der Waals surface area contributed by atoms with Gasteiger partial charge in [-0.25, -0.2) is 4.79 Å². The van der Waals surface area contributed by atoms with Crippen LogP contribution in [0.4, 0.5) is 4.79 Å². The Labute approximate surface area is 162 Å². The SMILES string of the molecule is CC(C)(C)[Si](C)(C)Oc1ccc([C@H]2c3ccccc3CCN2C(=O)O)cc1. The Bertz CT molecular complexity index is 824. The molecule has 1 atom stereocenters. The summed E-state index contributed by atoms with van der Waals surface area (Å²) in [4.78, 5) is 13.4. The number of rotatable bonds is 3. The molecule has 0 saturated carbocycles. The summed E-state index contributed by atoms with van der Waals surface area (Å²) in [6.07, 6.45) is -0.123. The maximum Gasteiger partial charge on any atom is 0.408 e. The molecule has 144 valence electrons. The molecule has 0 bridgehead atoms. The molecular weight excluding hydrogens is 354 g/mol. The predicted octanol–water partition coefficient (Wildman–Crippen LogP) is 5.70. The lowest BCUT2D eigenvalue weighted by Crippen LogP contribution is -2.43. The Balaban J connectivity index is 1.92. The number of carbonyl (C=O) groups is 1. The summed E-state index contributed by atoms with van der Waals surface area (Å²) in [5.41, 5.74) is 3.28. The zero-order valence-corrected chi connectivity index (χ0v) is 17.8. The van der Waals surface area contributed by atoms with Gasteiger partial charge in [-0.3, -0.25) is 4.90 Å². The van der Waals surface area contributed by atoms with Gasteiger partial charge >= 0.3 is 6.09 Å². The molecule has 1 N–H and O–H groups in total. The van der Waals surface area contributed by atoms with Gasteiger partial charge in [-0.15, -0.1) is 0 Å². The zero-order chi connectivity index (χ0) is 19.8. The molecule has 1 aliphatic heterocycles. The molecule has 3 rings (SSSR count). The molecule has 0 spiro atoms. The van der Waals surface area contributed by atoms with E-state index < -0.39 is 14.4 Å². The highest BCUT2D eigenvalue weighted by Gasteiger charge is 2.39. The van der Waals surface area contributed by atoms with Crippen molar-refractivity contribution in [3.63, 3.8) is 0 Å². The number of amides is 1. The molecular formula is C22H29NO3Si. The maximum absolute atomic E-state index is 11.8. The van der Waals surface area contributed by atoms with Gasteiger partial charge in [0.2, 0.25) is 8.32 Å². The van der Waals surface area contributed by atoms with Crippen LogP contribution in [0.25, 0.3) is 0 Å². The van der Waals surface area contributed by atoms with Crippen molar-refractivity contribution in [3.05, 3.63) is 65.2 Å². The van der Waals surface area contributed by atoms with Crippen LogP contribution in [0.1, 0.15) is 43.5 Å². The van der Waals surface area contributed by atoms with Gasteiger partial charge in [0.1, 0.15) is 5.75 Å². The van der Waals surface area contributed by atoms with Crippen molar-refractivity contribution < 1.29 is 14.3 Å². The van der Waals surface area contributed by atoms with E-state index in [0.29, 0.717) is 6.54 Å². The van der Waals surface area contributed by atoms with E-state index in [1.54, 1.807) is 0 Å². The van der Waals surface area contributed by atoms with Gasteiger partial charge in [0.05, 0.1) is 6.04 Å². The average molecular weight is 384 g/mol. The van der Waals surface area contributed by atoms with E-state index in [-0.39, 0.29) is 11.1 Å². The van der Waals surface area contributed by atoms with E-state index in [1.807, 2.05) is 42.5 Å². The first-order valence-corrected chi connectivity index (χ1v) is 12.4. The monoisotopic (exact) mass is 383 g/mol. The number of fused-ring (bicyclic) bond motifs is 1. The number of hydrogen-bond donors (Lipinski definition) is 1. The van der Waals surface area contributed by atoms with Crippen LogP contribution in [0.5, 0.6) is 5.75 Å². The molecule has 4 nitrogen and oxygen atoms in total. The third-order valence-corrected chi connectivity index (χ3v) is 10.3. The second-order valence-electron chi connectivity index (χ2n) is 8.76. The molecule has 0 radical (unpaired) electrons. The summed E-state index contributed by atoms with van der Waals surface area (Å²) in [5.74, 6) is 0.858. The summed E-state index contributed by atoms with van der Waals surface area (Å²) in [7, 11) is -1.90. The molecule has 0 saturated heterocycles. The highest BCUT2D eigenvalue weighted by atomic mass is 28.4. The highest BCUT2D eigenvalue weighted by Crippen LogP contribution is 2.39. The van der Waals surface area contributed by atoms with E-state index in [2.05, 4.69) is 39.9 Å². The van der Waals surface area contributed by atoms with Crippen molar-refractivity contribution in [2.24, 2.45) is 0 Å². The Morgan fingerprint density at radius 2 is 1.74 bits per heavy atom. The van der Waals surface area contributed by atoms with Gasteiger partial charge in [-0.1, -0.05) is 57.2 Å². The summed E-state index contributed by atoms with van der Waals surface area (Å²) in [6.45, 7) is 11.6. The van der Waals surface area contributed by atoms with E-state index in [9.17, 15) is 9.90 Å². The van der Waals surface area contributed by atoms with Crippen molar-refractivity contribution in [2.75, 3.05) is 6.54 Å². The minimum absolute atomic E-state index is 0.133. The van der Waals surface area contributed by atoms with Gasteiger partial charge < -0.3 is 9.53 Å². The second kappa shape index (κ2) is 7.04. The van der Waals surface area contributed by atoms with Gasteiger partial charge in [0, 0.05) is 6.54 Å². The molecule has 0 fully saturated rings. The van der Waals surface area contributed by atoms with Crippen LogP contribution in [0, 0.1) is 0 Å². The molecule has 0 aliphatic carbocycles. The van der Waals surface area contributed by atoms with Crippen molar-refractivity contribution in [2.45, 2.75) is 51.4 Å². The van der Waals surface area contributed by atoms with Crippen LogP contribution in [-0.2, 0) is 6.42 Å². The van der Waals surface area contributed by atoms with Crippen LogP contribution in [0.2, 0.25) is 18.1 Å². The average Bonchev–Trinajstić information content (AvgIpc) is 2.60. The van der Waals surface area contributed by atoms with Crippen LogP contribution in [0.15, 0.2) is 48.5 Å². The lowest BCUT2D eigenvalue weighted by atomic mass is 9.88. The Morgan fingerprint density at radius 3 is 2.33 bits per heavy atom. The quantitative estimate of drug-likeness (QED) is 0.692. The van der Waals surface area contributed by atoms with Crippen molar-refractivity contribution >= 4 is 14.4 Å². The third-order valence-electron chi connectivity index (χ3n) is 5.90. The smallest absolute Gasteiger partial charge is 0.408 e. The molecule has 1 amide bonds. The molecule has 5 heteroatoms. The summed E-state index contributed by atoms with van der Waals surface area (Å²) in [5, 5.41) is 9.83. The van der Waals surface area contributed by atoms with Crippen molar-refractivity contribution in [1.29, 1.82) is 0 Å². The van der Waals surface area contributed by atoms with Crippen molar-refractivity contribution in [3.8, 4) is 5.75 Å². The normalized spacial score (nSPS) is 17.4. The fourth-order valence-corrected chi connectivity index (χ4v) is 4.33. The molecule has 27 heavy (non-hydrogen) atoms. The first kappa shape index (κ1) is 19.5. The first-order valence-electron chi connectivity index (χ1n) is 9.46. The van der Waals surface area contributed by atoms with Gasteiger partial charge in [0.25, 0.3) is 0 Å². The van der Waals surface area contributed by atoms with E-state index in [0.717, 1.165) is 23.3 Å². The van der Waals surface area contributed by atoms with Crippen LogP contribution in [0.3, 0.4) is 0 Å². The topological polar surface area (TPSA) is 49.8 Å². The van der Waals surface area contributed by atoms with Gasteiger partial charge in [0.15, 0.2) is 0 Å². The molecule has 0 unspecified atom stereocenters. The minimum atomic E-state index is -1.90. The van der Waals surface area contributed by atoms with E-state index in [1.165, 1.54) is 10.5 Å². The number of hydrogen-bond acceptors (Lipinski definition) is 2. The third kappa shape index (κ3) is 3.88. The Kier molecular flexibility index (Phi) is 5.08. The highest BCUT2D eigenvalue weighted by molar-refractivity contribution is 6.74. The summed E-state index contributed by atoms with van der Waals surface area (Å²) < 4.78 is 6.36. The predicted molar refractivity (Wildman–Crippen MR) is 111 cm³/mol. The standard InChI is InChI=1S/C22H29NO3Si/c1-22(2,3)27(4,5)26-18-12-10-17(11-13-18)20-19-9-7-6-8-16(19)14-15-23(20)21(24)25/h6-13,20H,14-15H2,1-5H3,(H,24,25)/t20-/m0/s1. The zero-order valence-electron chi connectivity index (χ0n) is 16.8. The largest absolute Gasteiger partial charge is 0.544 e. The first-order chi connectivity index (χ1) is 12.6. The van der Waals surface area contributed by atoms with Crippen LogP contribution < -0.4 is 4.43 Å². The molecule has 2 aromatic carbocycles. The van der Waals surface area contributed by atoms with Crippen molar-refractivity contribution in [1.82, 2.24) is 4.90 Å². The van der Waals surface area contributed by atoms with E-state index in [4.69, 9.17) is 4.43 Å². The van der Waals surface area contributed by atoms with Gasteiger partial charge in [-0.2, -0.15) is 0 Å². The second-order valence-corrected chi connectivity index (χ2v) is 13.5. The summed E-state index contributed by atoms with van der Waals surface area (Å²) in [6, 6.07) is 15.8. The molecule has 0 aromatic heterocycles. The number of nitrogens with zero attached hydrogens (tertiary/aromatic N) is 1. The fourth-order valence-electron chi connectivity index (χ4n) is 3.30. The Morgan fingerprint density at radius 1 is 1.11 bits per heavy atom. The Hall–Kier alpha value is -2.27. The molecule has 1 aliphatic rings. The molecule has 1 heterocycles. The van der Waals surface area contributed by atoms with E-state index >= 15 is 0 Å². The molecule has 2 aromatic rings. The lowest BCUT2D eigenvalue weighted by molar-refractivity contribution is 0.129. The van der Waals surface area contributed by atoms with Crippen LogP contribution >= 0.6 is 0 Å². The van der Waals surface area contributed by atoms with Gasteiger partial charge in [-0.05, 0) is 53.4 Å². The maximum atomic E-state index is 11.8. The number of carboxylic acid groups (broad SMARTS) is 1. The summed E-state index contributed by atoms with van der Waals surface area (Å²) >= 11 is 0.